The van der Waals surface area contributed by atoms with Crippen molar-refractivity contribution in [3.8, 4) is 11.3 Å². The number of ether oxygens (including phenoxy) is 1. The molecule has 2 aromatic rings. The third kappa shape index (κ3) is 3.06. The maximum Gasteiger partial charge on any atom is 0.338 e. The van der Waals surface area contributed by atoms with Crippen molar-refractivity contribution in [2.24, 2.45) is 5.41 Å². The van der Waals surface area contributed by atoms with Gasteiger partial charge in [0, 0.05) is 18.9 Å². The van der Waals surface area contributed by atoms with Gasteiger partial charge in [0.25, 0.3) is 0 Å². The number of rotatable bonds is 4. The molecular formula is C20H23NO3. The van der Waals surface area contributed by atoms with Gasteiger partial charge in [0.15, 0.2) is 0 Å². The number of carbonyl (C=O) groups is 1. The second-order valence-electron chi connectivity index (χ2n) is 7.22. The Hall–Kier alpha value is -2.20. The Morgan fingerprint density at radius 2 is 2.08 bits per heavy atom. The van der Waals surface area contributed by atoms with Crippen LogP contribution in [0.1, 0.15) is 47.3 Å². The van der Waals surface area contributed by atoms with Crippen LogP contribution in [0.3, 0.4) is 0 Å². The van der Waals surface area contributed by atoms with E-state index in [1.54, 1.807) is 7.11 Å². The van der Waals surface area contributed by atoms with Crippen LogP contribution in [0.5, 0.6) is 0 Å². The predicted molar refractivity (Wildman–Crippen MR) is 93.2 cm³/mol. The molecule has 0 atom stereocenters. The summed E-state index contributed by atoms with van der Waals surface area (Å²) < 4.78 is 5.26. The molecule has 0 aliphatic heterocycles. The molecule has 0 amide bonds. The first-order valence-corrected chi connectivity index (χ1v) is 8.24. The van der Waals surface area contributed by atoms with Crippen molar-refractivity contribution in [2.75, 3.05) is 7.11 Å². The van der Waals surface area contributed by atoms with Crippen LogP contribution in [0.15, 0.2) is 30.5 Å². The summed E-state index contributed by atoms with van der Waals surface area (Å²) in [6.45, 7) is 4.87. The number of fused-ring (bicyclic) bond motifs is 1. The highest BCUT2D eigenvalue weighted by molar-refractivity contribution is 5.97. The lowest BCUT2D eigenvalue weighted by atomic mass is 9.73. The van der Waals surface area contributed by atoms with Gasteiger partial charge in [-0.3, -0.25) is 4.98 Å². The van der Waals surface area contributed by atoms with E-state index in [2.05, 4.69) is 18.8 Å². The minimum absolute atomic E-state index is 0.194. The van der Waals surface area contributed by atoms with Crippen LogP contribution in [0.25, 0.3) is 11.3 Å². The SMILES string of the molecule is COCc1ccccc1-c1ncc2c(c1C(=O)O)CCC(C)(C)C2. The highest BCUT2D eigenvalue weighted by Gasteiger charge is 2.30. The molecular weight excluding hydrogens is 302 g/mol. The Balaban J connectivity index is 2.19. The average Bonchev–Trinajstić information content (AvgIpc) is 2.53. The fourth-order valence-electron chi connectivity index (χ4n) is 3.56. The first-order valence-electron chi connectivity index (χ1n) is 8.24. The number of methoxy groups -OCH3 is 1. The lowest BCUT2D eigenvalue weighted by Crippen LogP contribution is -2.25. The number of carboxylic acids is 1. The van der Waals surface area contributed by atoms with Crippen molar-refractivity contribution in [2.45, 2.75) is 39.7 Å². The number of benzene rings is 1. The molecule has 1 heterocycles. The van der Waals surface area contributed by atoms with Crippen molar-refractivity contribution in [1.82, 2.24) is 4.98 Å². The van der Waals surface area contributed by atoms with E-state index in [0.717, 1.165) is 41.5 Å². The molecule has 4 heteroatoms. The lowest BCUT2D eigenvalue weighted by Gasteiger charge is -2.32. The highest BCUT2D eigenvalue weighted by atomic mass is 16.5. The van der Waals surface area contributed by atoms with Crippen LogP contribution in [0.2, 0.25) is 0 Å². The molecule has 0 radical (unpaired) electrons. The summed E-state index contributed by atoms with van der Waals surface area (Å²) in [5.74, 6) is -0.902. The summed E-state index contributed by atoms with van der Waals surface area (Å²) in [6.07, 6.45) is 4.51. The normalized spacial score (nSPS) is 15.8. The Bertz CT molecular complexity index is 780. The molecule has 1 aliphatic carbocycles. The van der Waals surface area contributed by atoms with E-state index in [0.29, 0.717) is 17.9 Å². The van der Waals surface area contributed by atoms with Gasteiger partial charge >= 0.3 is 5.97 Å². The standard InChI is InChI=1S/C20H23NO3/c1-20(2)9-8-15-14(10-20)11-21-18(17(15)19(22)23)16-7-5-4-6-13(16)12-24-3/h4-7,11H,8-10,12H2,1-3H3,(H,22,23). The number of pyridine rings is 1. The Labute approximate surface area is 142 Å². The molecule has 24 heavy (non-hydrogen) atoms. The molecule has 0 fully saturated rings. The van der Waals surface area contributed by atoms with Gasteiger partial charge in [0.1, 0.15) is 0 Å². The van der Waals surface area contributed by atoms with Crippen LogP contribution in [-0.2, 0) is 24.2 Å². The molecule has 0 saturated carbocycles. The van der Waals surface area contributed by atoms with Crippen LogP contribution in [-0.4, -0.2) is 23.2 Å². The maximum atomic E-state index is 12.0. The summed E-state index contributed by atoms with van der Waals surface area (Å²) in [6, 6.07) is 7.71. The van der Waals surface area contributed by atoms with Crippen molar-refractivity contribution in [3.63, 3.8) is 0 Å². The van der Waals surface area contributed by atoms with Gasteiger partial charge in [0.05, 0.1) is 17.9 Å². The topological polar surface area (TPSA) is 59.4 Å². The third-order valence-electron chi connectivity index (χ3n) is 4.78. The van der Waals surface area contributed by atoms with E-state index in [1.165, 1.54) is 0 Å². The predicted octanol–water partition coefficient (Wildman–Crippen LogP) is 4.11. The van der Waals surface area contributed by atoms with Crippen molar-refractivity contribution < 1.29 is 14.6 Å². The maximum absolute atomic E-state index is 12.0. The summed E-state index contributed by atoms with van der Waals surface area (Å²) >= 11 is 0. The number of nitrogens with zero attached hydrogens (tertiary/aromatic N) is 1. The second-order valence-corrected chi connectivity index (χ2v) is 7.22. The lowest BCUT2D eigenvalue weighted by molar-refractivity contribution is 0.0695. The summed E-state index contributed by atoms with van der Waals surface area (Å²) in [5, 5.41) is 9.86. The van der Waals surface area contributed by atoms with Crippen molar-refractivity contribution in [3.05, 3.63) is 52.7 Å². The molecule has 1 aliphatic rings. The summed E-state index contributed by atoms with van der Waals surface area (Å²) in [7, 11) is 1.64. The zero-order chi connectivity index (χ0) is 17.3. The average molecular weight is 325 g/mol. The van der Waals surface area contributed by atoms with Crippen LogP contribution in [0, 0.1) is 5.41 Å². The third-order valence-corrected chi connectivity index (χ3v) is 4.78. The largest absolute Gasteiger partial charge is 0.478 e. The first-order chi connectivity index (χ1) is 11.4. The molecule has 0 unspecified atom stereocenters. The second kappa shape index (κ2) is 6.36. The Morgan fingerprint density at radius 1 is 1.33 bits per heavy atom. The van der Waals surface area contributed by atoms with E-state index >= 15 is 0 Å². The summed E-state index contributed by atoms with van der Waals surface area (Å²) in [4.78, 5) is 16.6. The summed E-state index contributed by atoms with van der Waals surface area (Å²) in [5.41, 5.74) is 4.89. The number of hydrogen-bond acceptors (Lipinski definition) is 3. The van der Waals surface area contributed by atoms with E-state index in [9.17, 15) is 9.90 Å². The van der Waals surface area contributed by atoms with Gasteiger partial charge in [-0.1, -0.05) is 38.1 Å². The van der Waals surface area contributed by atoms with Gasteiger partial charge in [-0.25, -0.2) is 4.79 Å². The van der Waals surface area contributed by atoms with Crippen LogP contribution in [0.4, 0.5) is 0 Å². The van der Waals surface area contributed by atoms with Gasteiger partial charge in [-0.2, -0.15) is 0 Å². The molecule has 3 rings (SSSR count). The number of hydrogen-bond donors (Lipinski definition) is 1. The zero-order valence-corrected chi connectivity index (χ0v) is 14.4. The Kier molecular flexibility index (Phi) is 4.41. The number of aromatic nitrogens is 1. The van der Waals surface area contributed by atoms with Crippen molar-refractivity contribution in [1.29, 1.82) is 0 Å². The highest BCUT2D eigenvalue weighted by Crippen LogP contribution is 2.38. The molecule has 1 aromatic heterocycles. The van der Waals surface area contributed by atoms with Gasteiger partial charge in [-0.15, -0.1) is 0 Å². The van der Waals surface area contributed by atoms with Crippen LogP contribution >= 0.6 is 0 Å². The smallest absolute Gasteiger partial charge is 0.338 e. The minimum atomic E-state index is -0.902. The molecule has 126 valence electrons. The van der Waals surface area contributed by atoms with E-state index in [1.807, 2.05) is 30.5 Å². The number of carboxylic acid groups (broad SMARTS) is 1. The fourth-order valence-corrected chi connectivity index (χ4v) is 3.56. The zero-order valence-electron chi connectivity index (χ0n) is 14.4. The molecule has 4 nitrogen and oxygen atoms in total. The molecule has 0 saturated heterocycles. The van der Waals surface area contributed by atoms with E-state index in [-0.39, 0.29) is 5.41 Å². The van der Waals surface area contributed by atoms with Crippen LogP contribution < -0.4 is 0 Å². The molecule has 1 N–H and O–H groups in total. The number of aromatic carboxylic acids is 1. The van der Waals surface area contributed by atoms with Crippen molar-refractivity contribution >= 4 is 5.97 Å². The fraction of sp³-hybridized carbons (Fsp3) is 0.400. The minimum Gasteiger partial charge on any atom is -0.478 e. The quantitative estimate of drug-likeness (QED) is 0.919. The molecule has 0 spiro atoms. The van der Waals surface area contributed by atoms with E-state index < -0.39 is 5.97 Å². The molecule has 0 bridgehead atoms. The Morgan fingerprint density at radius 3 is 2.79 bits per heavy atom. The van der Waals surface area contributed by atoms with Gasteiger partial charge in [0.2, 0.25) is 0 Å². The first kappa shape index (κ1) is 16.7. The molecule has 1 aromatic carbocycles. The van der Waals surface area contributed by atoms with E-state index in [4.69, 9.17) is 4.74 Å². The van der Waals surface area contributed by atoms with Gasteiger partial charge < -0.3 is 9.84 Å². The monoisotopic (exact) mass is 325 g/mol. The van der Waals surface area contributed by atoms with Gasteiger partial charge in [-0.05, 0) is 41.4 Å².